The smallest absolute Gasteiger partial charge is 0.145 e. The molecule has 0 saturated heterocycles. The van der Waals surface area contributed by atoms with Crippen molar-refractivity contribution in [3.05, 3.63) is 119 Å². The van der Waals surface area contributed by atoms with Gasteiger partial charge in [0.1, 0.15) is 14.0 Å². The number of benzene rings is 2. The van der Waals surface area contributed by atoms with Crippen molar-refractivity contribution in [3.8, 4) is 0 Å². The van der Waals surface area contributed by atoms with E-state index in [4.69, 9.17) is 4.99 Å². The highest BCUT2D eigenvalue weighted by Crippen LogP contribution is 2.31. The lowest BCUT2D eigenvalue weighted by Crippen LogP contribution is -2.25. The maximum absolute atomic E-state index is 5.09. The molecule has 2 atom stereocenters. The van der Waals surface area contributed by atoms with Crippen LogP contribution in [0.4, 0.5) is 0 Å². The first-order valence-electron chi connectivity index (χ1n) is 11.2. The first-order valence-corrected chi connectivity index (χ1v) is 11.2. The van der Waals surface area contributed by atoms with Gasteiger partial charge in [0.05, 0.1) is 5.71 Å². The molecule has 0 fully saturated rings. The Balaban J connectivity index is 1.46. The van der Waals surface area contributed by atoms with Gasteiger partial charge in [0, 0.05) is 11.6 Å². The first kappa shape index (κ1) is 19.6. The van der Waals surface area contributed by atoms with E-state index in [1.54, 1.807) is 0 Å². The summed E-state index contributed by atoms with van der Waals surface area (Å²) in [5.74, 6) is 0.480. The van der Waals surface area contributed by atoms with Crippen molar-refractivity contribution in [2.75, 3.05) is 0 Å². The summed E-state index contributed by atoms with van der Waals surface area (Å²) in [6, 6.07) is 19.2. The summed E-state index contributed by atoms with van der Waals surface area (Å²) in [5, 5.41) is 3.64. The van der Waals surface area contributed by atoms with Crippen LogP contribution in [0.25, 0.3) is 5.70 Å². The van der Waals surface area contributed by atoms with Crippen molar-refractivity contribution in [3.63, 3.8) is 0 Å². The van der Waals surface area contributed by atoms with Gasteiger partial charge in [-0.05, 0) is 47.6 Å². The molecule has 5 rings (SSSR count). The number of hydrogen-bond donors (Lipinski definition) is 1. The van der Waals surface area contributed by atoms with Crippen molar-refractivity contribution in [2.24, 2.45) is 10.9 Å². The average molecular weight is 402 g/mol. The third-order valence-electron chi connectivity index (χ3n) is 6.17. The van der Waals surface area contributed by atoms with Gasteiger partial charge in [-0.2, -0.15) is 0 Å². The molecule has 31 heavy (non-hydrogen) atoms. The van der Waals surface area contributed by atoms with Gasteiger partial charge < -0.3 is 5.32 Å². The van der Waals surface area contributed by atoms with Gasteiger partial charge in [-0.3, -0.25) is 4.99 Å². The normalized spacial score (nSPS) is 22.7. The van der Waals surface area contributed by atoms with E-state index in [-0.39, 0.29) is 6.17 Å². The molecular weight excluding hydrogens is 375 g/mol. The molecule has 3 heteroatoms. The largest absolute Gasteiger partial charge is 0.360 e. The predicted molar refractivity (Wildman–Crippen MR) is 134 cm³/mol. The molecule has 1 aliphatic heterocycles. The first-order chi connectivity index (χ1) is 15.3. The molecule has 2 aromatic carbocycles. The lowest BCUT2D eigenvalue weighted by atomic mass is 9.86. The van der Waals surface area contributed by atoms with Crippen LogP contribution < -0.4 is 10.8 Å². The van der Waals surface area contributed by atoms with Crippen LogP contribution in [-0.4, -0.2) is 13.6 Å². The third-order valence-corrected chi connectivity index (χ3v) is 6.17. The number of nitrogens with one attached hydrogen (secondary N) is 1. The highest BCUT2D eigenvalue weighted by Gasteiger charge is 2.21. The van der Waals surface area contributed by atoms with Gasteiger partial charge in [0.15, 0.2) is 0 Å². The fourth-order valence-corrected chi connectivity index (χ4v) is 4.35. The second-order valence-electron chi connectivity index (χ2n) is 8.44. The summed E-state index contributed by atoms with van der Waals surface area (Å²) >= 11 is 0. The quantitative estimate of drug-likeness (QED) is 0.730. The Morgan fingerprint density at radius 3 is 2.45 bits per heavy atom. The van der Waals surface area contributed by atoms with Crippen LogP contribution in [0.15, 0.2) is 113 Å². The molecule has 152 valence electrons. The minimum Gasteiger partial charge on any atom is -0.360 e. The van der Waals surface area contributed by atoms with Crippen LogP contribution >= 0.6 is 0 Å². The number of aliphatic imine (C=N–C) groups is 1. The molecule has 1 N–H and O–H groups in total. The Hall–Kier alpha value is -3.33. The van der Waals surface area contributed by atoms with E-state index in [9.17, 15) is 0 Å². The monoisotopic (exact) mass is 402 g/mol. The summed E-state index contributed by atoms with van der Waals surface area (Å²) in [5.41, 5.74) is 8.46. The minimum atomic E-state index is -0.0893. The molecule has 0 aromatic heterocycles. The fraction of sp³-hybridized carbons (Fsp3) is 0.179. The molecule has 3 aliphatic rings. The zero-order valence-electron chi connectivity index (χ0n) is 18.0. The molecule has 0 radical (unpaired) electrons. The van der Waals surface area contributed by atoms with E-state index in [1.807, 2.05) is 0 Å². The van der Waals surface area contributed by atoms with Gasteiger partial charge in [-0.1, -0.05) is 96.5 Å². The van der Waals surface area contributed by atoms with Crippen molar-refractivity contribution in [1.82, 2.24) is 5.32 Å². The van der Waals surface area contributed by atoms with Gasteiger partial charge in [0.2, 0.25) is 0 Å². The van der Waals surface area contributed by atoms with Crippen molar-refractivity contribution >= 4 is 24.7 Å². The van der Waals surface area contributed by atoms with E-state index >= 15 is 0 Å². The van der Waals surface area contributed by atoms with E-state index in [0.29, 0.717) is 5.92 Å². The molecule has 2 aromatic rings. The molecular formula is C28H27BN2. The van der Waals surface area contributed by atoms with E-state index in [2.05, 4.69) is 110 Å². The zero-order chi connectivity index (χ0) is 21.0. The van der Waals surface area contributed by atoms with E-state index < -0.39 is 0 Å². The maximum atomic E-state index is 5.09. The summed E-state index contributed by atoms with van der Waals surface area (Å²) < 4.78 is 0. The lowest BCUT2D eigenvalue weighted by Gasteiger charge is -2.26. The third kappa shape index (κ3) is 4.41. The Bertz CT molecular complexity index is 1130. The van der Waals surface area contributed by atoms with Crippen LogP contribution in [0, 0.1) is 5.92 Å². The summed E-state index contributed by atoms with van der Waals surface area (Å²) in [4.78, 5) is 5.09. The molecule has 2 unspecified atom stereocenters. The van der Waals surface area contributed by atoms with Crippen LogP contribution in [0.1, 0.15) is 36.6 Å². The lowest BCUT2D eigenvalue weighted by molar-refractivity contribution is 0.663. The highest BCUT2D eigenvalue weighted by atomic mass is 15.1. The molecule has 1 heterocycles. The number of rotatable bonds is 4. The summed E-state index contributed by atoms with van der Waals surface area (Å²) in [6.45, 7) is 0. The van der Waals surface area contributed by atoms with Crippen molar-refractivity contribution in [1.29, 1.82) is 0 Å². The highest BCUT2D eigenvalue weighted by molar-refractivity contribution is 6.32. The summed E-state index contributed by atoms with van der Waals surface area (Å²) in [7, 11) is 2.12. The summed E-state index contributed by atoms with van der Waals surface area (Å²) in [6.07, 6.45) is 19.4. The second kappa shape index (κ2) is 8.81. The second-order valence-corrected chi connectivity index (χ2v) is 8.44. The van der Waals surface area contributed by atoms with Crippen LogP contribution in [0.2, 0.25) is 0 Å². The van der Waals surface area contributed by atoms with Crippen LogP contribution in [0.3, 0.4) is 0 Å². The zero-order valence-corrected chi connectivity index (χ0v) is 18.0. The topological polar surface area (TPSA) is 24.4 Å². The van der Waals surface area contributed by atoms with Gasteiger partial charge in [-0.25, -0.2) is 0 Å². The predicted octanol–water partition coefficient (Wildman–Crippen LogP) is 4.81. The average Bonchev–Trinajstić information content (AvgIpc) is 2.85. The Kier molecular flexibility index (Phi) is 5.58. The number of allylic oxidation sites excluding steroid dienone is 9. The Morgan fingerprint density at radius 1 is 0.903 bits per heavy atom. The molecule has 2 nitrogen and oxygen atoms in total. The molecule has 2 aliphatic carbocycles. The standard InChI is InChI=1S/C28H27BN2/c29-25-17-15-23(16-18-25)27-19-26(30-28(31-27)24-9-5-2-6-10-24)22-13-11-21(12-14-22)20-7-3-1-4-8-20/h2-3,5-11,13-19,21,28,31H,1,4,12,29H2. The number of nitrogens with zero attached hydrogens (tertiary/aromatic N) is 1. The van der Waals surface area contributed by atoms with Crippen molar-refractivity contribution in [2.45, 2.75) is 25.4 Å². The van der Waals surface area contributed by atoms with Crippen LogP contribution in [0.5, 0.6) is 0 Å². The fourth-order valence-electron chi connectivity index (χ4n) is 4.35. The van der Waals surface area contributed by atoms with E-state index in [0.717, 1.165) is 30.7 Å². The van der Waals surface area contributed by atoms with Gasteiger partial charge >= 0.3 is 0 Å². The van der Waals surface area contributed by atoms with Crippen LogP contribution in [-0.2, 0) is 0 Å². The molecule has 0 amide bonds. The van der Waals surface area contributed by atoms with E-state index in [1.165, 1.54) is 27.7 Å². The molecule has 0 spiro atoms. The maximum Gasteiger partial charge on any atom is 0.145 e. The molecule has 0 saturated carbocycles. The molecule has 0 bridgehead atoms. The Labute approximate surface area is 185 Å². The minimum absolute atomic E-state index is 0.0893. The SMILES string of the molecule is Bc1ccc(C2=CC(C3=CCC(C4=CCCC=C4)C=C3)=NC(c3ccccc3)N2)cc1. The van der Waals surface area contributed by atoms with Crippen molar-refractivity contribution < 1.29 is 0 Å². The van der Waals surface area contributed by atoms with Gasteiger partial charge in [0.25, 0.3) is 0 Å². The van der Waals surface area contributed by atoms with Gasteiger partial charge in [-0.15, -0.1) is 0 Å². The Morgan fingerprint density at radius 2 is 1.74 bits per heavy atom. The number of hydrogen-bond acceptors (Lipinski definition) is 2.